The van der Waals surface area contributed by atoms with Crippen molar-refractivity contribution in [2.75, 3.05) is 0 Å². The maximum atomic E-state index is 13.5. The SMILES string of the molecule is CC(C)(C)[C@H]1Cc2c(nc3c(C(F)F)cccn23)-c2[nH]c(=O)c(C(=O)O)cc21. The van der Waals surface area contributed by atoms with Gasteiger partial charge in [-0.15, -0.1) is 0 Å². The van der Waals surface area contributed by atoms with Crippen LogP contribution in [0.15, 0.2) is 29.2 Å². The van der Waals surface area contributed by atoms with Crippen molar-refractivity contribution in [3.05, 3.63) is 57.1 Å². The lowest BCUT2D eigenvalue weighted by molar-refractivity contribution is 0.0694. The molecule has 1 atom stereocenters. The molecule has 3 aromatic heterocycles. The van der Waals surface area contributed by atoms with E-state index in [0.717, 1.165) is 5.69 Å². The Bertz CT molecular complexity index is 1170. The summed E-state index contributed by atoms with van der Waals surface area (Å²) in [5.41, 5.74) is 0.832. The highest BCUT2D eigenvalue weighted by atomic mass is 19.3. The van der Waals surface area contributed by atoms with Gasteiger partial charge in [0, 0.05) is 6.20 Å². The summed E-state index contributed by atoms with van der Waals surface area (Å²) < 4.78 is 28.5. The van der Waals surface area contributed by atoms with Gasteiger partial charge in [0.2, 0.25) is 0 Å². The van der Waals surface area contributed by atoms with Gasteiger partial charge in [-0.25, -0.2) is 18.6 Å². The fourth-order valence-electron chi connectivity index (χ4n) is 3.96. The number of carboxylic acids is 1. The van der Waals surface area contributed by atoms with Crippen molar-refractivity contribution in [3.63, 3.8) is 0 Å². The zero-order chi connectivity index (χ0) is 20.4. The van der Waals surface area contributed by atoms with Crippen LogP contribution >= 0.6 is 0 Å². The van der Waals surface area contributed by atoms with E-state index in [1.54, 1.807) is 16.7 Å². The van der Waals surface area contributed by atoms with Crippen molar-refractivity contribution in [1.82, 2.24) is 14.4 Å². The molecule has 8 heteroatoms. The summed E-state index contributed by atoms with van der Waals surface area (Å²) in [6.45, 7) is 6.06. The normalized spacial score (nSPS) is 16.3. The molecule has 0 amide bonds. The monoisotopic (exact) mass is 387 g/mol. The summed E-state index contributed by atoms with van der Waals surface area (Å²) in [5.74, 6) is -1.43. The van der Waals surface area contributed by atoms with E-state index in [4.69, 9.17) is 0 Å². The minimum Gasteiger partial charge on any atom is -0.477 e. The molecule has 0 radical (unpaired) electrons. The number of rotatable bonds is 2. The Morgan fingerprint density at radius 2 is 2.11 bits per heavy atom. The summed E-state index contributed by atoms with van der Waals surface area (Å²) in [6, 6.07) is 4.28. The second kappa shape index (κ2) is 5.98. The number of nitrogens with zero attached hydrogens (tertiary/aromatic N) is 2. The van der Waals surface area contributed by atoms with Crippen LogP contribution in [0.4, 0.5) is 8.78 Å². The minimum absolute atomic E-state index is 0.125. The Kier molecular flexibility index (Phi) is 3.92. The molecule has 3 heterocycles. The van der Waals surface area contributed by atoms with Crippen LogP contribution in [0.2, 0.25) is 0 Å². The summed E-state index contributed by atoms with van der Waals surface area (Å²) in [4.78, 5) is 30.8. The molecule has 0 spiro atoms. The predicted octanol–water partition coefficient (Wildman–Crippen LogP) is 4.01. The van der Waals surface area contributed by atoms with Crippen LogP contribution in [-0.2, 0) is 6.42 Å². The molecule has 0 bridgehead atoms. The molecule has 0 saturated carbocycles. The highest BCUT2D eigenvalue weighted by Gasteiger charge is 2.37. The molecule has 146 valence electrons. The highest BCUT2D eigenvalue weighted by Crippen LogP contribution is 2.46. The van der Waals surface area contributed by atoms with E-state index < -0.39 is 18.0 Å². The largest absolute Gasteiger partial charge is 0.477 e. The molecule has 1 aliphatic carbocycles. The summed E-state index contributed by atoms with van der Waals surface area (Å²) >= 11 is 0. The molecular formula is C20H19F2N3O3. The number of imidazole rings is 1. The number of aromatic amines is 1. The van der Waals surface area contributed by atoms with Gasteiger partial charge < -0.3 is 14.5 Å². The fourth-order valence-corrected chi connectivity index (χ4v) is 3.96. The Morgan fingerprint density at radius 1 is 1.39 bits per heavy atom. The van der Waals surface area contributed by atoms with Crippen LogP contribution in [0, 0.1) is 5.41 Å². The molecule has 3 aromatic rings. The van der Waals surface area contributed by atoms with Crippen LogP contribution in [0.25, 0.3) is 17.0 Å². The van der Waals surface area contributed by atoms with Crippen molar-refractivity contribution < 1.29 is 18.7 Å². The van der Waals surface area contributed by atoms with E-state index in [1.165, 1.54) is 12.1 Å². The second-order valence-electron chi connectivity index (χ2n) is 8.14. The number of carboxylic acid groups (broad SMARTS) is 1. The quantitative estimate of drug-likeness (QED) is 0.695. The summed E-state index contributed by atoms with van der Waals surface area (Å²) in [6.07, 6.45) is -0.509. The molecule has 2 N–H and O–H groups in total. The molecule has 28 heavy (non-hydrogen) atoms. The van der Waals surface area contributed by atoms with E-state index in [0.29, 0.717) is 23.4 Å². The van der Waals surface area contributed by atoms with Crippen molar-refractivity contribution >= 4 is 11.6 Å². The second-order valence-corrected chi connectivity index (χ2v) is 8.14. The lowest BCUT2D eigenvalue weighted by atomic mass is 9.70. The number of hydrogen-bond donors (Lipinski definition) is 2. The van der Waals surface area contributed by atoms with Gasteiger partial charge in [-0.05, 0) is 41.5 Å². The Morgan fingerprint density at radius 3 is 2.71 bits per heavy atom. The number of hydrogen-bond acceptors (Lipinski definition) is 3. The molecule has 0 saturated heterocycles. The lowest BCUT2D eigenvalue weighted by Gasteiger charge is -2.35. The number of halogens is 2. The van der Waals surface area contributed by atoms with Gasteiger partial charge in [0.25, 0.3) is 12.0 Å². The van der Waals surface area contributed by atoms with E-state index in [-0.39, 0.29) is 28.1 Å². The number of fused-ring (bicyclic) bond motifs is 5. The molecule has 0 fully saturated rings. The Hall–Kier alpha value is -3.03. The van der Waals surface area contributed by atoms with Gasteiger partial charge in [-0.2, -0.15) is 0 Å². The number of pyridine rings is 2. The third-order valence-electron chi connectivity index (χ3n) is 5.37. The first-order chi connectivity index (χ1) is 13.1. The molecule has 6 nitrogen and oxygen atoms in total. The number of alkyl halides is 2. The maximum Gasteiger partial charge on any atom is 0.341 e. The smallest absolute Gasteiger partial charge is 0.341 e. The van der Waals surface area contributed by atoms with Gasteiger partial charge in [0.15, 0.2) is 0 Å². The average molecular weight is 387 g/mol. The Labute approximate surface area is 158 Å². The van der Waals surface area contributed by atoms with E-state index >= 15 is 0 Å². The van der Waals surface area contributed by atoms with E-state index in [1.807, 2.05) is 20.8 Å². The van der Waals surface area contributed by atoms with Crippen molar-refractivity contribution in [2.24, 2.45) is 5.41 Å². The third-order valence-corrected chi connectivity index (χ3v) is 5.37. The molecule has 0 aliphatic heterocycles. The van der Waals surface area contributed by atoms with Crippen molar-refractivity contribution in [2.45, 2.75) is 39.5 Å². The van der Waals surface area contributed by atoms with Crippen LogP contribution in [-0.4, -0.2) is 25.4 Å². The van der Waals surface area contributed by atoms with Crippen LogP contribution in [0.1, 0.15) is 60.3 Å². The topological polar surface area (TPSA) is 87.5 Å². The lowest BCUT2D eigenvalue weighted by Crippen LogP contribution is -2.29. The van der Waals surface area contributed by atoms with Crippen LogP contribution in [0.5, 0.6) is 0 Å². The first-order valence-corrected chi connectivity index (χ1v) is 8.88. The molecular weight excluding hydrogens is 368 g/mol. The minimum atomic E-state index is -2.68. The average Bonchev–Trinajstić information content (AvgIpc) is 2.98. The summed E-state index contributed by atoms with van der Waals surface area (Å²) in [5, 5.41) is 9.34. The highest BCUT2D eigenvalue weighted by molar-refractivity contribution is 5.88. The molecule has 4 rings (SSSR count). The van der Waals surface area contributed by atoms with E-state index in [2.05, 4.69) is 9.97 Å². The summed E-state index contributed by atoms with van der Waals surface area (Å²) in [7, 11) is 0. The van der Waals surface area contributed by atoms with Gasteiger partial charge in [-0.3, -0.25) is 4.79 Å². The third kappa shape index (κ3) is 2.63. The number of nitrogens with one attached hydrogen (secondary N) is 1. The fraction of sp³-hybridized carbons (Fsp3) is 0.350. The van der Waals surface area contributed by atoms with Gasteiger partial charge in [0.1, 0.15) is 16.9 Å². The zero-order valence-electron chi connectivity index (χ0n) is 15.6. The van der Waals surface area contributed by atoms with Gasteiger partial charge in [-0.1, -0.05) is 20.8 Å². The number of carbonyl (C=O) groups is 1. The standard InChI is InChI=1S/C20H19F2N3O3/c1-20(2,3)12-8-13-15(14-10(12)7-11(19(27)28)18(26)24-14)23-17-9(16(21)22)5-4-6-25(13)17/h4-7,12,16H,8H2,1-3H3,(H,24,26)(H,27,28)/t12-/m0/s1. The van der Waals surface area contributed by atoms with Gasteiger partial charge in [0.05, 0.1) is 17.0 Å². The number of aromatic carboxylic acids is 1. The zero-order valence-corrected chi connectivity index (χ0v) is 15.6. The van der Waals surface area contributed by atoms with Gasteiger partial charge >= 0.3 is 5.97 Å². The molecule has 0 unspecified atom stereocenters. The molecule has 1 aliphatic rings. The van der Waals surface area contributed by atoms with Crippen LogP contribution < -0.4 is 5.56 Å². The van der Waals surface area contributed by atoms with Crippen LogP contribution in [0.3, 0.4) is 0 Å². The first kappa shape index (κ1) is 18.3. The Balaban J connectivity index is 2.08. The van der Waals surface area contributed by atoms with Crippen molar-refractivity contribution in [1.29, 1.82) is 0 Å². The maximum absolute atomic E-state index is 13.5. The number of H-pyrrole nitrogens is 1. The number of aromatic nitrogens is 3. The predicted molar refractivity (Wildman–Crippen MR) is 99.1 cm³/mol. The van der Waals surface area contributed by atoms with Crippen molar-refractivity contribution in [3.8, 4) is 11.4 Å². The molecule has 0 aromatic carbocycles. The van der Waals surface area contributed by atoms with E-state index in [9.17, 15) is 23.5 Å². The first-order valence-electron chi connectivity index (χ1n) is 8.88.